The van der Waals surface area contributed by atoms with E-state index in [0.717, 1.165) is 11.6 Å². The number of hydrogen-bond acceptors (Lipinski definition) is 3. The minimum Gasteiger partial charge on any atom is -0.449 e. The lowest BCUT2D eigenvalue weighted by Crippen LogP contribution is -2.09. The Bertz CT molecular complexity index is 662. The van der Waals surface area contributed by atoms with Gasteiger partial charge in [-0.25, -0.2) is 4.79 Å². The molecule has 0 aliphatic heterocycles. The second-order valence-corrected chi connectivity index (χ2v) is 3.94. The summed E-state index contributed by atoms with van der Waals surface area (Å²) in [6, 6.07) is 4.41. The maximum absolute atomic E-state index is 11.7. The van der Waals surface area contributed by atoms with Crippen molar-refractivity contribution in [1.29, 1.82) is 0 Å². The third kappa shape index (κ3) is 2.24. The molecule has 2 N–H and O–H groups in total. The van der Waals surface area contributed by atoms with Gasteiger partial charge >= 0.3 is 6.16 Å². The zero-order valence-corrected chi connectivity index (χ0v) is 9.54. The molecule has 0 unspecified atom stereocenters. The fourth-order valence-electron chi connectivity index (χ4n) is 1.60. The number of H-pyrrole nitrogens is 1. The minimum atomic E-state index is -1.49. The van der Waals surface area contributed by atoms with Gasteiger partial charge in [0.2, 0.25) is 5.88 Å². The first-order valence-electron chi connectivity index (χ1n) is 4.71. The fraction of sp³-hybridized carbons (Fsp3) is 0.0909. The number of rotatable bonds is 1. The van der Waals surface area contributed by atoms with Gasteiger partial charge in [0, 0.05) is 6.07 Å². The van der Waals surface area contributed by atoms with Crippen molar-refractivity contribution in [2.45, 2.75) is 6.92 Å². The largest absolute Gasteiger partial charge is 0.512 e. The van der Waals surface area contributed by atoms with Gasteiger partial charge in [0.05, 0.1) is 15.9 Å². The van der Waals surface area contributed by atoms with Crippen molar-refractivity contribution in [2.24, 2.45) is 0 Å². The van der Waals surface area contributed by atoms with Crippen molar-refractivity contribution in [3.05, 3.63) is 39.0 Å². The molecule has 0 radical (unpaired) electrons. The number of benzene rings is 1. The Hall–Kier alpha value is -2.01. The molecule has 17 heavy (non-hydrogen) atoms. The number of fused-ring (bicyclic) bond motifs is 1. The normalized spacial score (nSPS) is 10.5. The number of carboxylic acid groups (broad SMARTS) is 1. The Morgan fingerprint density at radius 2 is 2.12 bits per heavy atom. The van der Waals surface area contributed by atoms with Gasteiger partial charge in [-0.05, 0) is 24.6 Å². The predicted molar refractivity (Wildman–Crippen MR) is 63.0 cm³/mol. The number of hydrogen-bond donors (Lipinski definition) is 2. The molecule has 1 aromatic heterocycles. The van der Waals surface area contributed by atoms with E-state index in [4.69, 9.17) is 16.7 Å². The van der Waals surface area contributed by atoms with Crippen molar-refractivity contribution in [3.8, 4) is 5.88 Å². The monoisotopic (exact) mass is 253 g/mol. The zero-order chi connectivity index (χ0) is 12.6. The summed E-state index contributed by atoms with van der Waals surface area (Å²) < 4.78 is 4.40. The Balaban J connectivity index is 2.73. The number of carbonyl (C=O) groups is 1. The summed E-state index contributed by atoms with van der Waals surface area (Å²) in [6.07, 6.45) is -1.49. The van der Waals surface area contributed by atoms with Crippen LogP contribution in [-0.4, -0.2) is 16.2 Å². The van der Waals surface area contributed by atoms with Crippen LogP contribution in [0.25, 0.3) is 10.9 Å². The van der Waals surface area contributed by atoms with Gasteiger partial charge in [-0.3, -0.25) is 4.79 Å². The molecule has 2 rings (SSSR count). The van der Waals surface area contributed by atoms with E-state index in [0.29, 0.717) is 15.9 Å². The lowest BCUT2D eigenvalue weighted by Gasteiger charge is -2.05. The Morgan fingerprint density at radius 3 is 2.76 bits per heavy atom. The molecular weight excluding hydrogens is 246 g/mol. The van der Waals surface area contributed by atoms with Crippen molar-refractivity contribution in [2.75, 3.05) is 0 Å². The molecule has 1 aromatic carbocycles. The van der Waals surface area contributed by atoms with Crippen molar-refractivity contribution in [1.82, 2.24) is 4.98 Å². The molecule has 0 amide bonds. The van der Waals surface area contributed by atoms with E-state index in [1.54, 1.807) is 12.1 Å². The van der Waals surface area contributed by atoms with Crippen LogP contribution < -0.4 is 10.2 Å². The summed E-state index contributed by atoms with van der Waals surface area (Å²) >= 11 is 5.95. The van der Waals surface area contributed by atoms with Crippen LogP contribution in [0.2, 0.25) is 5.02 Å². The van der Waals surface area contributed by atoms with E-state index >= 15 is 0 Å². The summed E-state index contributed by atoms with van der Waals surface area (Å²) in [5, 5.41) is 9.11. The van der Waals surface area contributed by atoms with E-state index in [-0.39, 0.29) is 11.3 Å². The maximum atomic E-state index is 11.7. The van der Waals surface area contributed by atoms with Crippen molar-refractivity contribution < 1.29 is 14.6 Å². The van der Waals surface area contributed by atoms with Gasteiger partial charge in [-0.2, -0.15) is 0 Å². The quantitative estimate of drug-likeness (QED) is 0.766. The first-order valence-corrected chi connectivity index (χ1v) is 5.09. The number of ether oxygens (including phenoxy) is 1. The van der Waals surface area contributed by atoms with Gasteiger partial charge in [0.15, 0.2) is 5.43 Å². The Morgan fingerprint density at radius 1 is 1.41 bits per heavy atom. The van der Waals surface area contributed by atoms with Crippen LogP contribution >= 0.6 is 11.6 Å². The number of nitrogens with one attached hydrogen (secondary N) is 1. The van der Waals surface area contributed by atoms with Gasteiger partial charge in [-0.15, -0.1) is 0 Å². The minimum absolute atomic E-state index is 0.128. The number of aryl methyl sites for hydroxylation is 1. The van der Waals surface area contributed by atoms with Crippen LogP contribution in [-0.2, 0) is 0 Å². The topological polar surface area (TPSA) is 79.4 Å². The van der Waals surface area contributed by atoms with E-state index in [9.17, 15) is 9.59 Å². The Labute approximate surface area is 101 Å². The molecule has 0 saturated carbocycles. The van der Waals surface area contributed by atoms with Crippen molar-refractivity contribution >= 4 is 28.7 Å². The summed E-state index contributed by atoms with van der Waals surface area (Å²) in [7, 11) is 0. The van der Waals surface area contributed by atoms with Crippen LogP contribution in [0.1, 0.15) is 5.56 Å². The van der Waals surface area contributed by atoms with Crippen LogP contribution in [0, 0.1) is 6.92 Å². The van der Waals surface area contributed by atoms with E-state index < -0.39 is 6.16 Å². The van der Waals surface area contributed by atoms with E-state index in [2.05, 4.69) is 9.72 Å². The summed E-state index contributed by atoms with van der Waals surface area (Å²) in [5.74, 6) is -0.128. The zero-order valence-electron chi connectivity index (χ0n) is 8.78. The maximum Gasteiger partial charge on any atom is 0.512 e. The summed E-state index contributed by atoms with van der Waals surface area (Å²) in [6.45, 7) is 1.81. The standard InChI is InChI=1S/C11H8ClNO4/c1-5-2-6(12)10-7(3-5)13-9(4-8(10)14)17-11(15)16/h2-4H,1H3,(H,13,14)(H,15,16). The SMILES string of the molecule is Cc1cc(Cl)c2c(=O)cc(OC(=O)O)[nH]c2c1. The lowest BCUT2D eigenvalue weighted by molar-refractivity contribution is 0.142. The molecule has 2 aromatic rings. The van der Waals surface area contributed by atoms with Gasteiger partial charge in [0.25, 0.3) is 0 Å². The van der Waals surface area contributed by atoms with Gasteiger partial charge < -0.3 is 14.8 Å². The highest BCUT2D eigenvalue weighted by atomic mass is 35.5. The van der Waals surface area contributed by atoms with Crippen LogP contribution in [0.3, 0.4) is 0 Å². The molecular formula is C11H8ClNO4. The van der Waals surface area contributed by atoms with E-state index in [1.807, 2.05) is 6.92 Å². The average Bonchev–Trinajstić information content (AvgIpc) is 2.13. The Kier molecular flexibility index (Phi) is 2.77. The third-order valence-electron chi connectivity index (χ3n) is 2.20. The van der Waals surface area contributed by atoms with Crippen LogP contribution in [0.5, 0.6) is 5.88 Å². The van der Waals surface area contributed by atoms with Crippen molar-refractivity contribution in [3.63, 3.8) is 0 Å². The van der Waals surface area contributed by atoms with E-state index in [1.165, 1.54) is 0 Å². The molecule has 88 valence electrons. The molecule has 6 heteroatoms. The second kappa shape index (κ2) is 4.10. The molecule has 0 bridgehead atoms. The number of halogens is 1. The number of aromatic nitrogens is 1. The summed E-state index contributed by atoms with van der Waals surface area (Å²) in [4.78, 5) is 24.8. The smallest absolute Gasteiger partial charge is 0.449 e. The molecule has 0 aliphatic carbocycles. The highest BCUT2D eigenvalue weighted by Crippen LogP contribution is 2.22. The highest BCUT2D eigenvalue weighted by Gasteiger charge is 2.09. The first-order chi connectivity index (χ1) is 7.97. The van der Waals surface area contributed by atoms with Gasteiger partial charge in [0.1, 0.15) is 0 Å². The number of pyridine rings is 1. The number of aromatic amines is 1. The average molecular weight is 254 g/mol. The molecule has 1 heterocycles. The molecule has 0 fully saturated rings. The molecule has 0 aliphatic rings. The molecule has 5 nitrogen and oxygen atoms in total. The molecule has 0 saturated heterocycles. The second-order valence-electron chi connectivity index (χ2n) is 3.54. The molecule has 0 spiro atoms. The van der Waals surface area contributed by atoms with Gasteiger partial charge in [-0.1, -0.05) is 11.6 Å². The van der Waals surface area contributed by atoms with Crippen LogP contribution in [0.15, 0.2) is 23.0 Å². The third-order valence-corrected chi connectivity index (χ3v) is 2.50. The predicted octanol–water partition coefficient (Wildman–Crippen LogP) is 2.55. The highest BCUT2D eigenvalue weighted by molar-refractivity contribution is 6.35. The van der Waals surface area contributed by atoms with Crippen LogP contribution in [0.4, 0.5) is 4.79 Å². The fourth-order valence-corrected chi connectivity index (χ4v) is 1.97. The first kappa shape index (κ1) is 11.5. The lowest BCUT2D eigenvalue weighted by atomic mass is 10.1. The summed E-state index contributed by atoms with van der Waals surface area (Å²) in [5.41, 5.74) is 0.907. The molecule has 0 atom stereocenters.